The molecule has 1 aromatic carbocycles. The Kier molecular flexibility index (Phi) is 6.45. The molecule has 2 aromatic rings. The zero-order valence-corrected chi connectivity index (χ0v) is 15.8. The molecule has 0 radical (unpaired) electrons. The van der Waals surface area contributed by atoms with Crippen LogP contribution >= 0.6 is 11.3 Å². The second kappa shape index (κ2) is 9.00. The van der Waals surface area contributed by atoms with Crippen LogP contribution in [0.1, 0.15) is 17.6 Å². The summed E-state index contributed by atoms with van der Waals surface area (Å²) in [6.45, 7) is 3.57. The number of benzene rings is 1. The van der Waals surface area contributed by atoms with Crippen molar-refractivity contribution >= 4 is 17.3 Å². The molecule has 28 heavy (non-hydrogen) atoms. The Labute approximate surface area is 163 Å². The SMILES string of the molecule is CCNC(=NCc1nc(C(F)(F)F)cs1)NCCOc1ccc2c(c1)OCO2. The van der Waals surface area contributed by atoms with Gasteiger partial charge in [-0.3, -0.25) is 0 Å². The molecule has 0 saturated heterocycles. The number of nitrogens with zero attached hydrogens (tertiary/aromatic N) is 2. The molecule has 1 aliphatic rings. The zero-order chi connectivity index (χ0) is 20.0. The van der Waals surface area contributed by atoms with E-state index in [-0.39, 0.29) is 13.3 Å². The fourth-order valence-corrected chi connectivity index (χ4v) is 3.03. The van der Waals surface area contributed by atoms with Crippen LogP contribution in [0.5, 0.6) is 17.2 Å². The summed E-state index contributed by atoms with van der Waals surface area (Å²) in [6.07, 6.45) is -4.44. The Morgan fingerprint density at radius 1 is 1.29 bits per heavy atom. The molecule has 0 amide bonds. The summed E-state index contributed by atoms with van der Waals surface area (Å²) in [7, 11) is 0. The lowest BCUT2D eigenvalue weighted by Crippen LogP contribution is -2.39. The summed E-state index contributed by atoms with van der Waals surface area (Å²) in [6, 6.07) is 5.32. The highest BCUT2D eigenvalue weighted by Gasteiger charge is 2.33. The maximum atomic E-state index is 12.6. The zero-order valence-electron chi connectivity index (χ0n) is 15.0. The molecule has 2 N–H and O–H groups in total. The first-order valence-electron chi connectivity index (χ1n) is 8.52. The highest BCUT2D eigenvalue weighted by molar-refractivity contribution is 7.09. The number of fused-ring (bicyclic) bond motifs is 1. The van der Waals surface area contributed by atoms with Gasteiger partial charge in [0.2, 0.25) is 6.79 Å². The molecule has 0 unspecified atom stereocenters. The fourth-order valence-electron chi connectivity index (χ4n) is 2.31. The summed E-state index contributed by atoms with van der Waals surface area (Å²) < 4.78 is 54.0. The van der Waals surface area contributed by atoms with E-state index in [2.05, 4.69) is 20.6 Å². The third-order valence-electron chi connectivity index (χ3n) is 3.57. The second-order valence-corrected chi connectivity index (χ2v) is 6.55. The van der Waals surface area contributed by atoms with Crippen molar-refractivity contribution in [2.24, 2.45) is 4.99 Å². The summed E-state index contributed by atoms with van der Waals surface area (Å²) >= 11 is 0.931. The van der Waals surface area contributed by atoms with Crippen LogP contribution in [0, 0.1) is 0 Å². The van der Waals surface area contributed by atoms with Crippen LogP contribution in [0.4, 0.5) is 13.2 Å². The number of hydrogen-bond acceptors (Lipinski definition) is 6. The molecule has 11 heteroatoms. The Morgan fingerprint density at radius 2 is 2.11 bits per heavy atom. The monoisotopic (exact) mass is 416 g/mol. The van der Waals surface area contributed by atoms with Gasteiger partial charge in [-0.05, 0) is 19.1 Å². The van der Waals surface area contributed by atoms with E-state index in [0.29, 0.717) is 47.9 Å². The van der Waals surface area contributed by atoms with Gasteiger partial charge in [-0.2, -0.15) is 13.2 Å². The minimum Gasteiger partial charge on any atom is -0.492 e. The van der Waals surface area contributed by atoms with Gasteiger partial charge in [0.1, 0.15) is 17.4 Å². The van der Waals surface area contributed by atoms with Crippen LogP contribution < -0.4 is 24.8 Å². The van der Waals surface area contributed by atoms with E-state index < -0.39 is 11.9 Å². The van der Waals surface area contributed by atoms with Gasteiger partial charge >= 0.3 is 6.18 Å². The number of alkyl halides is 3. The first-order valence-corrected chi connectivity index (χ1v) is 9.40. The van der Waals surface area contributed by atoms with Gasteiger partial charge in [-0.25, -0.2) is 9.98 Å². The molecule has 3 rings (SSSR count). The normalized spacial score (nSPS) is 13.5. The summed E-state index contributed by atoms with van der Waals surface area (Å²) in [5.74, 6) is 2.45. The molecule has 0 fully saturated rings. The first kappa shape index (κ1) is 20.1. The molecule has 0 saturated carbocycles. The average Bonchev–Trinajstić information content (AvgIpc) is 3.31. The molecule has 7 nitrogen and oxygen atoms in total. The molecule has 2 heterocycles. The molecule has 0 spiro atoms. The van der Waals surface area contributed by atoms with Gasteiger partial charge in [-0.1, -0.05) is 0 Å². The van der Waals surface area contributed by atoms with Crippen molar-refractivity contribution in [1.29, 1.82) is 0 Å². The lowest BCUT2D eigenvalue weighted by atomic mass is 10.3. The minimum atomic E-state index is -4.44. The molecule has 152 valence electrons. The van der Waals surface area contributed by atoms with E-state index in [0.717, 1.165) is 16.7 Å². The molecule has 0 atom stereocenters. The first-order chi connectivity index (χ1) is 13.5. The van der Waals surface area contributed by atoms with Crippen LogP contribution in [0.2, 0.25) is 0 Å². The van der Waals surface area contributed by atoms with Crippen LogP contribution in [-0.4, -0.2) is 37.4 Å². The lowest BCUT2D eigenvalue weighted by Gasteiger charge is -2.12. The number of hydrogen-bond donors (Lipinski definition) is 2. The molecule has 1 aliphatic heterocycles. The van der Waals surface area contributed by atoms with Gasteiger partial charge in [0.05, 0.1) is 13.1 Å². The number of thiazole rings is 1. The van der Waals surface area contributed by atoms with Gasteiger partial charge in [0.25, 0.3) is 0 Å². The van der Waals surface area contributed by atoms with Crippen LogP contribution in [0.25, 0.3) is 0 Å². The van der Waals surface area contributed by atoms with Crippen LogP contribution in [0.3, 0.4) is 0 Å². The predicted octanol–water partition coefficient (Wildman–Crippen LogP) is 3.02. The van der Waals surface area contributed by atoms with Crippen molar-refractivity contribution in [3.05, 3.63) is 34.3 Å². The van der Waals surface area contributed by atoms with Crippen molar-refractivity contribution in [2.75, 3.05) is 26.5 Å². The predicted molar refractivity (Wildman–Crippen MR) is 98.0 cm³/mol. The van der Waals surface area contributed by atoms with Crippen LogP contribution in [-0.2, 0) is 12.7 Å². The van der Waals surface area contributed by atoms with Crippen molar-refractivity contribution in [3.8, 4) is 17.2 Å². The lowest BCUT2D eigenvalue weighted by molar-refractivity contribution is -0.140. The van der Waals surface area contributed by atoms with Crippen molar-refractivity contribution < 1.29 is 27.4 Å². The quantitative estimate of drug-likeness (QED) is 0.411. The Bertz CT molecular complexity index is 826. The largest absolute Gasteiger partial charge is 0.492 e. The highest BCUT2D eigenvalue weighted by atomic mass is 32.1. The maximum absolute atomic E-state index is 12.6. The highest BCUT2D eigenvalue weighted by Crippen LogP contribution is 2.35. The van der Waals surface area contributed by atoms with E-state index in [1.807, 2.05) is 6.92 Å². The van der Waals surface area contributed by atoms with Gasteiger partial charge in [0.15, 0.2) is 23.2 Å². The summed E-state index contributed by atoms with van der Waals surface area (Å²) in [5, 5.41) is 7.37. The number of guanidine groups is 1. The number of halogens is 3. The van der Waals surface area contributed by atoms with Gasteiger partial charge in [0, 0.05) is 18.0 Å². The number of aliphatic imine (C=N–C) groups is 1. The molecule has 0 aliphatic carbocycles. The Hall–Kier alpha value is -2.69. The summed E-state index contributed by atoms with van der Waals surface area (Å²) in [5.41, 5.74) is -0.891. The molecular weight excluding hydrogens is 397 g/mol. The number of rotatable bonds is 7. The van der Waals surface area contributed by atoms with E-state index in [1.54, 1.807) is 18.2 Å². The van der Waals surface area contributed by atoms with Crippen molar-refractivity contribution in [3.63, 3.8) is 0 Å². The van der Waals surface area contributed by atoms with E-state index in [1.165, 1.54) is 0 Å². The Morgan fingerprint density at radius 3 is 2.86 bits per heavy atom. The standard InChI is InChI=1S/C17H19F3N4O3S/c1-2-21-16(23-8-15-24-14(9-28-15)17(18,19)20)22-5-6-25-11-3-4-12-13(7-11)27-10-26-12/h3-4,7,9H,2,5-6,8,10H2,1H3,(H2,21,22,23). The topological polar surface area (TPSA) is 77.0 Å². The number of ether oxygens (including phenoxy) is 3. The van der Waals surface area contributed by atoms with E-state index in [4.69, 9.17) is 14.2 Å². The number of aromatic nitrogens is 1. The third-order valence-corrected chi connectivity index (χ3v) is 4.40. The maximum Gasteiger partial charge on any atom is 0.434 e. The second-order valence-electron chi connectivity index (χ2n) is 5.61. The fraction of sp³-hybridized carbons (Fsp3) is 0.412. The van der Waals surface area contributed by atoms with E-state index in [9.17, 15) is 13.2 Å². The van der Waals surface area contributed by atoms with Crippen LogP contribution in [0.15, 0.2) is 28.6 Å². The van der Waals surface area contributed by atoms with Gasteiger partial charge < -0.3 is 24.8 Å². The van der Waals surface area contributed by atoms with Gasteiger partial charge in [-0.15, -0.1) is 11.3 Å². The molecular formula is C17H19F3N4O3S. The van der Waals surface area contributed by atoms with Crippen molar-refractivity contribution in [1.82, 2.24) is 15.6 Å². The van der Waals surface area contributed by atoms with E-state index >= 15 is 0 Å². The average molecular weight is 416 g/mol. The molecule has 0 bridgehead atoms. The Balaban J connectivity index is 1.47. The summed E-state index contributed by atoms with van der Waals surface area (Å²) in [4.78, 5) is 7.82. The minimum absolute atomic E-state index is 0.0547. The van der Waals surface area contributed by atoms with Crippen molar-refractivity contribution in [2.45, 2.75) is 19.6 Å². The smallest absolute Gasteiger partial charge is 0.434 e. The number of nitrogens with one attached hydrogen (secondary N) is 2. The third kappa shape index (κ3) is 5.41. The molecule has 1 aromatic heterocycles.